The monoisotopic (exact) mass is 407 g/mol. The lowest BCUT2D eigenvalue weighted by Gasteiger charge is -2.18. The third kappa shape index (κ3) is 5.16. The Labute approximate surface area is 175 Å². The van der Waals surface area contributed by atoms with Crippen molar-refractivity contribution in [3.63, 3.8) is 0 Å². The van der Waals surface area contributed by atoms with Crippen LogP contribution < -0.4 is 15.8 Å². The van der Waals surface area contributed by atoms with Crippen molar-refractivity contribution in [1.29, 1.82) is 0 Å². The fourth-order valence-corrected chi connectivity index (χ4v) is 3.06. The molecule has 0 aliphatic heterocycles. The van der Waals surface area contributed by atoms with E-state index in [-0.39, 0.29) is 12.5 Å². The number of urea groups is 1. The summed E-state index contributed by atoms with van der Waals surface area (Å²) in [6, 6.07) is 14.8. The van der Waals surface area contributed by atoms with Gasteiger partial charge in [0.15, 0.2) is 6.61 Å². The van der Waals surface area contributed by atoms with Crippen LogP contribution in [0.25, 0.3) is 16.8 Å². The molecule has 0 unspecified atom stereocenters. The van der Waals surface area contributed by atoms with Gasteiger partial charge in [0.1, 0.15) is 5.75 Å². The molecule has 3 N–H and O–H groups in total. The molecule has 0 aliphatic rings. The van der Waals surface area contributed by atoms with Crippen molar-refractivity contribution in [2.45, 2.75) is 13.8 Å². The number of carbonyl (C=O) groups is 2. The number of aromatic nitrogens is 2. The molecule has 2 aromatic carbocycles. The smallest absolute Gasteiger partial charge is 0.316 e. The molecule has 3 rings (SSSR count). The highest BCUT2D eigenvalue weighted by Crippen LogP contribution is 2.25. The standard InChI is InChI=1S/C22H25N5O3/c1-3-26(4-2)21(28)15-30-20-7-5-6-17(12-20)16-8-10-19(11-9-16)27-14-18(13-24-27)25-22(23)29/h5-14H,3-4,15H2,1-2H3,(H3,23,25,29). The van der Waals surface area contributed by atoms with E-state index in [1.165, 1.54) is 6.20 Å². The molecule has 0 bridgehead atoms. The predicted molar refractivity (Wildman–Crippen MR) is 116 cm³/mol. The molecule has 1 heterocycles. The van der Waals surface area contributed by atoms with Crippen LogP contribution in [0.5, 0.6) is 5.75 Å². The van der Waals surface area contributed by atoms with Crippen LogP contribution in [-0.4, -0.2) is 46.3 Å². The van der Waals surface area contributed by atoms with Crippen LogP contribution in [0.1, 0.15) is 13.8 Å². The van der Waals surface area contributed by atoms with Gasteiger partial charge in [0.25, 0.3) is 5.91 Å². The van der Waals surface area contributed by atoms with Crippen molar-refractivity contribution in [2.75, 3.05) is 25.0 Å². The van der Waals surface area contributed by atoms with Crippen molar-refractivity contribution in [3.05, 3.63) is 60.9 Å². The normalized spacial score (nSPS) is 10.5. The summed E-state index contributed by atoms with van der Waals surface area (Å²) in [5, 5.41) is 6.70. The van der Waals surface area contributed by atoms with Crippen LogP contribution in [0.3, 0.4) is 0 Å². The first-order chi connectivity index (χ1) is 14.5. The molecule has 0 saturated carbocycles. The van der Waals surface area contributed by atoms with Gasteiger partial charge in [0.05, 0.1) is 23.8 Å². The van der Waals surface area contributed by atoms with Gasteiger partial charge in [-0.2, -0.15) is 5.10 Å². The first-order valence-corrected chi connectivity index (χ1v) is 9.72. The van der Waals surface area contributed by atoms with Gasteiger partial charge in [-0.05, 0) is 49.2 Å². The van der Waals surface area contributed by atoms with E-state index in [1.807, 2.05) is 62.4 Å². The summed E-state index contributed by atoms with van der Waals surface area (Å²) in [6.07, 6.45) is 3.21. The Kier molecular flexibility index (Phi) is 6.69. The van der Waals surface area contributed by atoms with Crippen LogP contribution in [0.15, 0.2) is 60.9 Å². The number of benzene rings is 2. The fraction of sp³-hybridized carbons (Fsp3) is 0.227. The second kappa shape index (κ2) is 9.60. The molecule has 3 aromatic rings. The van der Waals surface area contributed by atoms with Crippen LogP contribution in [0, 0.1) is 0 Å². The van der Waals surface area contributed by atoms with E-state index in [4.69, 9.17) is 10.5 Å². The summed E-state index contributed by atoms with van der Waals surface area (Å²) < 4.78 is 7.34. The molecule has 8 nitrogen and oxygen atoms in total. The quantitative estimate of drug-likeness (QED) is 0.598. The van der Waals surface area contributed by atoms with Gasteiger partial charge < -0.3 is 20.7 Å². The second-order valence-corrected chi connectivity index (χ2v) is 6.59. The third-order valence-electron chi connectivity index (χ3n) is 4.63. The van der Waals surface area contributed by atoms with E-state index < -0.39 is 6.03 Å². The van der Waals surface area contributed by atoms with Crippen LogP contribution in [0.4, 0.5) is 10.5 Å². The summed E-state index contributed by atoms with van der Waals surface area (Å²) in [5.41, 5.74) is 8.46. The number of rotatable bonds is 8. The van der Waals surface area contributed by atoms with Gasteiger partial charge in [0, 0.05) is 13.1 Å². The van der Waals surface area contributed by atoms with Crippen LogP contribution in [0.2, 0.25) is 0 Å². The Morgan fingerprint density at radius 2 is 1.83 bits per heavy atom. The van der Waals surface area contributed by atoms with Gasteiger partial charge >= 0.3 is 6.03 Å². The second-order valence-electron chi connectivity index (χ2n) is 6.59. The topological polar surface area (TPSA) is 102 Å². The minimum absolute atomic E-state index is 0.0189. The average Bonchev–Trinajstić information content (AvgIpc) is 3.21. The Morgan fingerprint density at radius 1 is 1.10 bits per heavy atom. The first kappa shape index (κ1) is 20.9. The van der Waals surface area contributed by atoms with Crippen molar-refractivity contribution in [3.8, 4) is 22.6 Å². The molecular weight excluding hydrogens is 382 g/mol. The Morgan fingerprint density at radius 3 is 2.50 bits per heavy atom. The zero-order valence-electron chi connectivity index (χ0n) is 17.0. The summed E-state index contributed by atoms with van der Waals surface area (Å²) in [5.74, 6) is 0.616. The van der Waals surface area contributed by atoms with Gasteiger partial charge in [0.2, 0.25) is 0 Å². The molecule has 8 heteroatoms. The van der Waals surface area contributed by atoms with E-state index in [1.54, 1.807) is 15.8 Å². The largest absolute Gasteiger partial charge is 0.484 e. The van der Waals surface area contributed by atoms with Crippen LogP contribution in [-0.2, 0) is 4.79 Å². The number of likely N-dealkylation sites (N-methyl/N-ethyl adjacent to an activating group) is 1. The van der Waals surface area contributed by atoms with Crippen molar-refractivity contribution < 1.29 is 14.3 Å². The van der Waals surface area contributed by atoms with E-state index in [2.05, 4.69) is 10.4 Å². The summed E-state index contributed by atoms with van der Waals surface area (Å²) in [6.45, 7) is 5.25. The highest BCUT2D eigenvalue weighted by molar-refractivity contribution is 5.87. The maximum Gasteiger partial charge on any atom is 0.316 e. The summed E-state index contributed by atoms with van der Waals surface area (Å²) >= 11 is 0. The molecule has 156 valence electrons. The maximum atomic E-state index is 12.1. The maximum absolute atomic E-state index is 12.1. The SMILES string of the molecule is CCN(CC)C(=O)COc1cccc(-c2ccc(-n3cc(NC(N)=O)cn3)cc2)c1. The molecule has 0 saturated heterocycles. The number of hydrogen-bond donors (Lipinski definition) is 2. The average molecular weight is 407 g/mol. The minimum Gasteiger partial charge on any atom is -0.484 e. The van der Waals surface area contributed by atoms with Crippen molar-refractivity contribution >= 4 is 17.6 Å². The number of ether oxygens (including phenoxy) is 1. The van der Waals surface area contributed by atoms with Gasteiger partial charge in [-0.15, -0.1) is 0 Å². The molecule has 0 atom stereocenters. The Hall–Kier alpha value is -3.81. The van der Waals surface area contributed by atoms with E-state index in [9.17, 15) is 9.59 Å². The highest BCUT2D eigenvalue weighted by atomic mass is 16.5. The lowest BCUT2D eigenvalue weighted by Crippen LogP contribution is -2.34. The van der Waals surface area contributed by atoms with Gasteiger partial charge in [-0.25, -0.2) is 9.48 Å². The third-order valence-corrected chi connectivity index (χ3v) is 4.63. The molecule has 0 radical (unpaired) electrons. The zero-order chi connectivity index (χ0) is 21.5. The number of amides is 3. The minimum atomic E-state index is -0.634. The van der Waals surface area contributed by atoms with Gasteiger partial charge in [-0.1, -0.05) is 24.3 Å². The number of nitrogens with zero attached hydrogens (tertiary/aromatic N) is 3. The fourth-order valence-electron chi connectivity index (χ4n) is 3.06. The van der Waals surface area contributed by atoms with Gasteiger partial charge in [-0.3, -0.25) is 4.79 Å². The number of primary amides is 1. The molecular formula is C22H25N5O3. The summed E-state index contributed by atoms with van der Waals surface area (Å²) in [4.78, 5) is 24.8. The van der Waals surface area contributed by atoms with Crippen molar-refractivity contribution in [2.24, 2.45) is 5.73 Å². The lowest BCUT2D eigenvalue weighted by molar-refractivity contribution is -0.132. The molecule has 1 aromatic heterocycles. The predicted octanol–water partition coefficient (Wildman–Crippen LogP) is 3.28. The highest BCUT2D eigenvalue weighted by Gasteiger charge is 2.10. The molecule has 0 fully saturated rings. The number of anilines is 1. The van der Waals surface area contributed by atoms with Crippen molar-refractivity contribution in [1.82, 2.24) is 14.7 Å². The van der Waals surface area contributed by atoms with Crippen LogP contribution >= 0.6 is 0 Å². The molecule has 0 spiro atoms. The lowest BCUT2D eigenvalue weighted by atomic mass is 10.1. The number of nitrogens with two attached hydrogens (primary N) is 1. The molecule has 0 aliphatic carbocycles. The number of hydrogen-bond acceptors (Lipinski definition) is 4. The molecule has 3 amide bonds. The number of nitrogens with one attached hydrogen (secondary N) is 1. The number of carbonyl (C=O) groups excluding carboxylic acids is 2. The summed E-state index contributed by atoms with van der Waals surface area (Å²) in [7, 11) is 0. The Bertz CT molecular complexity index is 1010. The Balaban J connectivity index is 1.69. The van der Waals surface area contributed by atoms with E-state index in [0.29, 0.717) is 24.5 Å². The van der Waals surface area contributed by atoms with E-state index >= 15 is 0 Å². The van der Waals surface area contributed by atoms with E-state index in [0.717, 1.165) is 16.8 Å². The first-order valence-electron chi connectivity index (χ1n) is 9.72. The zero-order valence-corrected chi connectivity index (χ0v) is 17.0. The molecule has 30 heavy (non-hydrogen) atoms.